The van der Waals surface area contributed by atoms with Crippen LogP contribution in [-0.4, -0.2) is 36.4 Å². The Bertz CT molecular complexity index is 514. The van der Waals surface area contributed by atoms with Crippen LogP contribution in [-0.2, 0) is 9.53 Å². The molecule has 25 heavy (non-hydrogen) atoms. The van der Waals surface area contributed by atoms with Crippen molar-refractivity contribution in [1.82, 2.24) is 0 Å². The van der Waals surface area contributed by atoms with Crippen LogP contribution in [0.5, 0.6) is 0 Å². The zero-order valence-corrected chi connectivity index (χ0v) is 15.0. The normalized spacial score (nSPS) is 36.7. The summed E-state index contributed by atoms with van der Waals surface area (Å²) < 4.78 is 34.8. The second-order valence-electron chi connectivity index (χ2n) is 7.44. The summed E-state index contributed by atoms with van der Waals surface area (Å²) in [6.07, 6.45) is 1.86. The summed E-state index contributed by atoms with van der Waals surface area (Å²) in [4.78, 5) is 15.1. The standard InChI is InChI=1S/C18H29F2N3O2/c1-10-3-5-13(6-4-10)25-16-14(19)8-12(9-15(16)20)7-11(2)17(24)23-18(21)22/h7,10,12-16H,3-6,8-9H2,1-2H3,(H4,21,22,23,24)/b11-7+. The van der Waals surface area contributed by atoms with Gasteiger partial charge in [0.1, 0.15) is 18.4 Å². The lowest BCUT2D eigenvalue weighted by Crippen LogP contribution is -2.44. The van der Waals surface area contributed by atoms with Gasteiger partial charge in [0.05, 0.1) is 6.10 Å². The maximum atomic E-state index is 14.5. The topological polar surface area (TPSA) is 90.7 Å². The van der Waals surface area contributed by atoms with Crippen molar-refractivity contribution in [3.8, 4) is 0 Å². The number of guanidine groups is 1. The van der Waals surface area contributed by atoms with Gasteiger partial charge in [-0.3, -0.25) is 4.79 Å². The molecule has 0 aliphatic heterocycles. The maximum absolute atomic E-state index is 14.5. The van der Waals surface area contributed by atoms with Crippen LogP contribution in [0.25, 0.3) is 0 Å². The fraction of sp³-hybridized carbons (Fsp3) is 0.778. The van der Waals surface area contributed by atoms with E-state index in [2.05, 4.69) is 11.9 Å². The molecule has 2 aliphatic rings. The lowest BCUT2D eigenvalue weighted by molar-refractivity contribution is -0.121. The zero-order valence-electron chi connectivity index (χ0n) is 15.0. The van der Waals surface area contributed by atoms with Crippen molar-refractivity contribution in [2.45, 2.75) is 76.9 Å². The van der Waals surface area contributed by atoms with Crippen molar-refractivity contribution in [2.75, 3.05) is 0 Å². The number of halogens is 2. The number of amides is 1. The Balaban J connectivity index is 1.92. The predicted molar refractivity (Wildman–Crippen MR) is 93.4 cm³/mol. The highest BCUT2D eigenvalue weighted by Gasteiger charge is 2.40. The van der Waals surface area contributed by atoms with Crippen LogP contribution in [0, 0.1) is 11.8 Å². The molecule has 0 spiro atoms. The van der Waals surface area contributed by atoms with E-state index in [1.807, 2.05) is 0 Å². The summed E-state index contributed by atoms with van der Waals surface area (Å²) in [5, 5.41) is 0. The SMILES string of the molecule is C/C(=C\C1CC(F)C(OC2CCC(C)CC2)C(F)C1)C(=O)N=C(N)N. The maximum Gasteiger partial charge on any atom is 0.275 e. The van der Waals surface area contributed by atoms with Crippen LogP contribution in [0.2, 0.25) is 0 Å². The Morgan fingerprint density at radius 2 is 1.68 bits per heavy atom. The molecule has 5 nitrogen and oxygen atoms in total. The number of alkyl halides is 2. The molecule has 0 saturated heterocycles. The summed E-state index contributed by atoms with van der Waals surface area (Å²) in [6, 6.07) is 0. The number of carbonyl (C=O) groups is 1. The second-order valence-corrected chi connectivity index (χ2v) is 7.44. The molecule has 2 aliphatic carbocycles. The van der Waals surface area contributed by atoms with Crippen molar-refractivity contribution < 1.29 is 18.3 Å². The molecule has 2 atom stereocenters. The van der Waals surface area contributed by atoms with E-state index in [4.69, 9.17) is 16.2 Å². The van der Waals surface area contributed by atoms with E-state index in [-0.39, 0.29) is 30.8 Å². The molecule has 2 rings (SSSR count). The summed E-state index contributed by atoms with van der Waals surface area (Å²) >= 11 is 0. The van der Waals surface area contributed by atoms with Gasteiger partial charge in [0.15, 0.2) is 5.96 Å². The highest BCUT2D eigenvalue weighted by atomic mass is 19.1. The number of carbonyl (C=O) groups excluding carboxylic acids is 1. The smallest absolute Gasteiger partial charge is 0.275 e. The summed E-state index contributed by atoms with van der Waals surface area (Å²) in [7, 11) is 0. The van der Waals surface area contributed by atoms with Gasteiger partial charge in [0, 0.05) is 5.57 Å². The van der Waals surface area contributed by atoms with Crippen molar-refractivity contribution in [3.05, 3.63) is 11.6 Å². The Hall–Kier alpha value is -1.50. The summed E-state index contributed by atoms with van der Waals surface area (Å²) in [5.74, 6) is -0.618. The first kappa shape index (κ1) is 19.8. The number of allylic oxidation sites excluding steroid dienone is 1. The predicted octanol–water partition coefficient (Wildman–Crippen LogP) is 2.78. The van der Waals surface area contributed by atoms with E-state index in [0.717, 1.165) is 25.7 Å². The molecule has 1 amide bonds. The molecule has 2 fully saturated rings. The fourth-order valence-corrected chi connectivity index (χ4v) is 3.69. The first-order chi connectivity index (χ1) is 11.8. The second kappa shape index (κ2) is 8.74. The summed E-state index contributed by atoms with van der Waals surface area (Å²) in [6.45, 7) is 3.73. The van der Waals surface area contributed by atoms with Gasteiger partial charge in [-0.15, -0.1) is 0 Å². The number of hydrogen-bond donors (Lipinski definition) is 2. The number of rotatable bonds is 4. The van der Waals surface area contributed by atoms with E-state index >= 15 is 0 Å². The lowest BCUT2D eigenvalue weighted by Gasteiger charge is -2.37. The molecule has 2 saturated carbocycles. The molecule has 0 aromatic rings. The van der Waals surface area contributed by atoms with Crippen molar-refractivity contribution in [3.63, 3.8) is 0 Å². The average molecular weight is 357 g/mol. The number of ether oxygens (including phenoxy) is 1. The zero-order chi connectivity index (χ0) is 18.6. The van der Waals surface area contributed by atoms with E-state index in [0.29, 0.717) is 11.5 Å². The van der Waals surface area contributed by atoms with Gasteiger partial charge < -0.3 is 16.2 Å². The molecule has 142 valence electrons. The highest BCUT2D eigenvalue weighted by molar-refractivity contribution is 6.00. The van der Waals surface area contributed by atoms with Gasteiger partial charge >= 0.3 is 0 Å². The minimum atomic E-state index is -1.38. The molecule has 0 bridgehead atoms. The highest BCUT2D eigenvalue weighted by Crippen LogP contribution is 2.35. The molecular weight excluding hydrogens is 328 g/mol. The van der Waals surface area contributed by atoms with Gasteiger partial charge in [-0.05, 0) is 57.3 Å². The fourth-order valence-electron chi connectivity index (χ4n) is 3.69. The Morgan fingerprint density at radius 3 is 2.20 bits per heavy atom. The molecule has 0 aromatic carbocycles. The molecule has 0 radical (unpaired) electrons. The largest absolute Gasteiger partial charge is 0.370 e. The molecule has 4 N–H and O–H groups in total. The Morgan fingerprint density at radius 1 is 1.12 bits per heavy atom. The van der Waals surface area contributed by atoms with Gasteiger partial charge in [0.25, 0.3) is 5.91 Å². The lowest BCUT2D eigenvalue weighted by atomic mass is 9.83. The van der Waals surface area contributed by atoms with Crippen LogP contribution in [0.4, 0.5) is 8.78 Å². The number of nitrogens with zero attached hydrogens (tertiary/aromatic N) is 1. The van der Waals surface area contributed by atoms with Crippen molar-refractivity contribution in [1.29, 1.82) is 0 Å². The first-order valence-corrected chi connectivity index (χ1v) is 9.02. The number of aliphatic imine (C=N–C) groups is 1. The number of nitrogens with two attached hydrogens (primary N) is 2. The quantitative estimate of drug-likeness (QED) is 0.460. The van der Waals surface area contributed by atoms with Crippen LogP contribution in [0.1, 0.15) is 52.4 Å². The molecule has 0 aromatic heterocycles. The average Bonchev–Trinajstić information content (AvgIpc) is 2.52. The van der Waals surface area contributed by atoms with Crippen molar-refractivity contribution >= 4 is 11.9 Å². The molecule has 0 heterocycles. The third-order valence-corrected chi connectivity index (χ3v) is 5.13. The summed E-state index contributed by atoms with van der Waals surface area (Å²) in [5.41, 5.74) is 10.6. The van der Waals surface area contributed by atoms with Gasteiger partial charge in [-0.25, -0.2) is 8.78 Å². The van der Waals surface area contributed by atoms with E-state index in [1.165, 1.54) is 0 Å². The molecule has 2 unspecified atom stereocenters. The molecule has 7 heteroatoms. The van der Waals surface area contributed by atoms with Crippen molar-refractivity contribution in [2.24, 2.45) is 28.3 Å². The van der Waals surface area contributed by atoms with Gasteiger partial charge in [-0.1, -0.05) is 13.0 Å². The third-order valence-electron chi connectivity index (χ3n) is 5.13. The van der Waals surface area contributed by atoms with Crippen LogP contribution < -0.4 is 11.5 Å². The Labute approximate surface area is 147 Å². The molecular formula is C18H29F2N3O2. The van der Waals surface area contributed by atoms with Crippen LogP contribution >= 0.6 is 0 Å². The Kier molecular flexibility index (Phi) is 6.93. The minimum Gasteiger partial charge on any atom is -0.370 e. The van der Waals surface area contributed by atoms with Crippen LogP contribution in [0.3, 0.4) is 0 Å². The van der Waals surface area contributed by atoms with E-state index in [9.17, 15) is 13.6 Å². The van der Waals surface area contributed by atoms with Gasteiger partial charge in [-0.2, -0.15) is 4.99 Å². The monoisotopic (exact) mass is 357 g/mol. The van der Waals surface area contributed by atoms with Crippen LogP contribution in [0.15, 0.2) is 16.6 Å². The number of hydrogen-bond acceptors (Lipinski definition) is 2. The van der Waals surface area contributed by atoms with E-state index < -0.39 is 24.4 Å². The van der Waals surface area contributed by atoms with Gasteiger partial charge in [0.2, 0.25) is 0 Å². The minimum absolute atomic E-state index is 0.0463. The van der Waals surface area contributed by atoms with E-state index in [1.54, 1.807) is 13.0 Å². The third kappa shape index (κ3) is 5.76. The first-order valence-electron chi connectivity index (χ1n) is 9.02.